The fourth-order valence-corrected chi connectivity index (χ4v) is 6.58. The summed E-state index contributed by atoms with van der Waals surface area (Å²) in [6.07, 6.45) is 8.98. The number of nitrogens with two attached hydrogens (primary N) is 1. The van der Waals surface area contributed by atoms with Gasteiger partial charge in [-0.05, 0) is 74.9 Å². The molecule has 9 heteroatoms. The van der Waals surface area contributed by atoms with Crippen molar-refractivity contribution in [2.75, 3.05) is 18.8 Å². The predicted octanol–water partition coefficient (Wildman–Crippen LogP) is 5.21. The summed E-state index contributed by atoms with van der Waals surface area (Å²) in [7, 11) is 0. The van der Waals surface area contributed by atoms with Crippen LogP contribution in [-0.4, -0.2) is 55.9 Å². The molecule has 3 aliphatic heterocycles. The van der Waals surface area contributed by atoms with Crippen molar-refractivity contribution in [2.24, 2.45) is 0 Å². The fourth-order valence-electron chi connectivity index (χ4n) is 6.58. The van der Waals surface area contributed by atoms with E-state index >= 15 is 0 Å². The van der Waals surface area contributed by atoms with E-state index in [4.69, 9.17) is 15.6 Å². The zero-order valence-electron chi connectivity index (χ0n) is 21.4. The first-order chi connectivity index (χ1) is 18.2. The van der Waals surface area contributed by atoms with Crippen molar-refractivity contribution < 1.29 is 4.74 Å². The molecule has 2 aromatic carbocycles. The Labute approximate surface area is 229 Å². The number of hydrogen-bond acceptors (Lipinski definition) is 7. The van der Waals surface area contributed by atoms with Gasteiger partial charge in [0.25, 0.3) is 0 Å². The number of nitrogens with zero attached hydrogens (tertiary/aromatic N) is 5. The highest BCUT2D eigenvalue weighted by Gasteiger charge is 2.37. The van der Waals surface area contributed by atoms with Crippen LogP contribution < -0.4 is 15.8 Å². The van der Waals surface area contributed by atoms with E-state index < -0.39 is 0 Å². The van der Waals surface area contributed by atoms with Gasteiger partial charge in [0.2, 0.25) is 0 Å². The lowest BCUT2D eigenvalue weighted by Gasteiger charge is -2.41. The maximum Gasteiger partial charge on any atom is 0.164 e. The van der Waals surface area contributed by atoms with Crippen LogP contribution in [0.4, 0.5) is 5.82 Å². The standard InChI is InChI=1S/C29H33N7O.ClH/c30-28-26-27(19-6-10-25(11-7-19)37-24-4-2-1-3-5-24)34-36(29(26)32-18-31-28)22-12-14-35(15-13-22)23-16-20-8-9-21(17-23)33-20;/h1-7,10-11,18,20-23,33H,8-9,12-17H2,(H2,30,31,32);1H. The number of ether oxygens (including phenoxy) is 1. The third-order valence-electron chi connectivity index (χ3n) is 8.43. The van der Waals surface area contributed by atoms with Gasteiger partial charge < -0.3 is 20.7 Å². The van der Waals surface area contributed by atoms with Crippen LogP contribution in [0.1, 0.15) is 44.6 Å². The third-order valence-corrected chi connectivity index (χ3v) is 8.43. The molecule has 0 saturated carbocycles. The number of aromatic nitrogens is 4. The van der Waals surface area contributed by atoms with Crippen molar-refractivity contribution in [1.29, 1.82) is 0 Å². The number of hydrogen-bond donors (Lipinski definition) is 2. The lowest BCUT2D eigenvalue weighted by atomic mass is 9.95. The molecule has 3 saturated heterocycles. The SMILES string of the molecule is Cl.Nc1ncnc2c1c(-c1ccc(Oc3ccccc3)cc1)nn2C1CCN(C2CC3CCC(C2)N3)CC1. The number of para-hydroxylation sites is 1. The Hall–Kier alpha value is -3.20. The molecular formula is C29H34ClN7O. The second kappa shape index (κ2) is 10.5. The van der Waals surface area contributed by atoms with Crippen LogP contribution in [0.3, 0.4) is 0 Å². The number of rotatable bonds is 5. The summed E-state index contributed by atoms with van der Waals surface area (Å²) in [5, 5.41) is 9.70. The number of piperidine rings is 2. The lowest BCUT2D eigenvalue weighted by Crippen LogP contribution is -2.50. The highest BCUT2D eigenvalue weighted by Crippen LogP contribution is 2.37. The van der Waals surface area contributed by atoms with E-state index in [0.29, 0.717) is 11.9 Å². The predicted molar refractivity (Wildman–Crippen MR) is 152 cm³/mol. The van der Waals surface area contributed by atoms with Crippen molar-refractivity contribution in [3.8, 4) is 22.8 Å². The molecular weight excluding hydrogens is 498 g/mol. The minimum Gasteiger partial charge on any atom is -0.457 e. The summed E-state index contributed by atoms with van der Waals surface area (Å²) in [6.45, 7) is 2.22. The Kier molecular flexibility index (Phi) is 6.95. The highest BCUT2D eigenvalue weighted by molar-refractivity contribution is 5.98. The Morgan fingerprint density at radius 2 is 1.50 bits per heavy atom. The van der Waals surface area contributed by atoms with Gasteiger partial charge in [-0.3, -0.25) is 0 Å². The van der Waals surface area contributed by atoms with E-state index in [-0.39, 0.29) is 12.4 Å². The summed E-state index contributed by atoms with van der Waals surface area (Å²) in [5.74, 6) is 2.06. The van der Waals surface area contributed by atoms with E-state index in [0.717, 1.165) is 77.8 Å². The molecule has 0 radical (unpaired) electrons. The average molecular weight is 532 g/mol. The number of nitrogen functional groups attached to an aromatic ring is 1. The van der Waals surface area contributed by atoms with E-state index in [2.05, 4.69) is 24.9 Å². The van der Waals surface area contributed by atoms with Gasteiger partial charge in [0.05, 0.1) is 11.4 Å². The molecule has 0 amide bonds. The van der Waals surface area contributed by atoms with Crippen LogP contribution in [0.25, 0.3) is 22.3 Å². The van der Waals surface area contributed by atoms with Gasteiger partial charge in [-0.1, -0.05) is 18.2 Å². The maximum atomic E-state index is 6.38. The Bertz CT molecular complexity index is 1370. The average Bonchev–Trinajstić information content (AvgIpc) is 3.50. The zero-order valence-corrected chi connectivity index (χ0v) is 22.2. The lowest BCUT2D eigenvalue weighted by molar-refractivity contribution is 0.0977. The summed E-state index contributed by atoms with van der Waals surface area (Å²) in [4.78, 5) is 11.7. The highest BCUT2D eigenvalue weighted by atomic mass is 35.5. The number of halogens is 1. The van der Waals surface area contributed by atoms with Crippen LogP contribution in [0.15, 0.2) is 60.9 Å². The monoisotopic (exact) mass is 531 g/mol. The molecule has 2 bridgehead atoms. The zero-order chi connectivity index (χ0) is 24.8. The van der Waals surface area contributed by atoms with E-state index in [1.54, 1.807) is 6.33 Å². The van der Waals surface area contributed by atoms with E-state index in [9.17, 15) is 0 Å². The quantitative estimate of drug-likeness (QED) is 0.365. The number of fused-ring (bicyclic) bond motifs is 3. The molecule has 3 N–H and O–H groups in total. The van der Waals surface area contributed by atoms with Crippen LogP contribution >= 0.6 is 12.4 Å². The van der Waals surface area contributed by atoms with E-state index in [1.807, 2.05) is 54.6 Å². The molecule has 198 valence electrons. The van der Waals surface area contributed by atoms with Crippen molar-refractivity contribution in [3.63, 3.8) is 0 Å². The molecule has 2 unspecified atom stereocenters. The smallest absolute Gasteiger partial charge is 0.164 e. The van der Waals surface area contributed by atoms with Crippen molar-refractivity contribution in [3.05, 3.63) is 60.9 Å². The van der Waals surface area contributed by atoms with E-state index in [1.165, 1.54) is 25.7 Å². The number of anilines is 1. The first-order valence-electron chi connectivity index (χ1n) is 13.5. The Balaban J connectivity index is 0.00000264. The molecule has 3 aliphatic rings. The van der Waals surface area contributed by atoms with Crippen LogP contribution in [0.5, 0.6) is 11.5 Å². The minimum absolute atomic E-state index is 0. The number of benzene rings is 2. The summed E-state index contributed by atoms with van der Waals surface area (Å²) >= 11 is 0. The van der Waals surface area contributed by atoms with Gasteiger partial charge in [-0.25, -0.2) is 14.6 Å². The molecule has 5 heterocycles. The number of nitrogens with one attached hydrogen (secondary N) is 1. The topological polar surface area (TPSA) is 94.1 Å². The second-order valence-electron chi connectivity index (χ2n) is 10.7. The fraction of sp³-hybridized carbons (Fsp3) is 0.414. The van der Waals surface area contributed by atoms with Crippen LogP contribution in [0, 0.1) is 0 Å². The van der Waals surface area contributed by atoms with Crippen molar-refractivity contribution in [2.45, 2.75) is 62.7 Å². The van der Waals surface area contributed by atoms with Gasteiger partial charge in [0, 0.05) is 36.8 Å². The molecule has 7 rings (SSSR count). The van der Waals surface area contributed by atoms with Gasteiger partial charge in [-0.15, -0.1) is 12.4 Å². The maximum absolute atomic E-state index is 6.38. The Morgan fingerprint density at radius 1 is 0.816 bits per heavy atom. The molecule has 0 spiro atoms. The molecule has 0 aliphatic carbocycles. The molecule has 3 fully saturated rings. The number of likely N-dealkylation sites (tertiary alicyclic amines) is 1. The minimum atomic E-state index is 0. The third kappa shape index (κ3) is 4.72. The molecule has 2 atom stereocenters. The first-order valence-corrected chi connectivity index (χ1v) is 13.5. The molecule has 38 heavy (non-hydrogen) atoms. The Morgan fingerprint density at radius 3 is 2.21 bits per heavy atom. The normalized spacial score (nSPS) is 23.8. The van der Waals surface area contributed by atoms with Crippen molar-refractivity contribution >= 4 is 29.3 Å². The largest absolute Gasteiger partial charge is 0.457 e. The van der Waals surface area contributed by atoms with Crippen LogP contribution in [0.2, 0.25) is 0 Å². The molecule has 2 aromatic heterocycles. The van der Waals surface area contributed by atoms with Gasteiger partial charge in [-0.2, -0.15) is 5.10 Å². The molecule has 4 aromatic rings. The summed E-state index contributed by atoms with van der Waals surface area (Å²) in [6, 6.07) is 20.3. The van der Waals surface area contributed by atoms with Gasteiger partial charge in [0.1, 0.15) is 29.3 Å². The van der Waals surface area contributed by atoms with Gasteiger partial charge in [0.15, 0.2) is 5.65 Å². The summed E-state index contributed by atoms with van der Waals surface area (Å²) in [5.41, 5.74) is 9.01. The molecule has 8 nitrogen and oxygen atoms in total. The van der Waals surface area contributed by atoms with Crippen molar-refractivity contribution in [1.82, 2.24) is 30.0 Å². The van der Waals surface area contributed by atoms with Gasteiger partial charge >= 0.3 is 0 Å². The second-order valence-corrected chi connectivity index (χ2v) is 10.7. The van der Waals surface area contributed by atoms with Crippen LogP contribution in [-0.2, 0) is 0 Å². The first kappa shape index (κ1) is 25.1. The summed E-state index contributed by atoms with van der Waals surface area (Å²) < 4.78 is 8.09.